The third-order valence-electron chi connectivity index (χ3n) is 22.6. The van der Waals surface area contributed by atoms with Crippen LogP contribution >= 0.6 is 0 Å². The zero-order chi connectivity index (χ0) is 80.0. The fraction of sp³-hybridized carbons (Fsp3) is 0.173. The highest BCUT2D eigenvalue weighted by Crippen LogP contribution is 2.41. The first-order valence-electron chi connectivity index (χ1n) is 39.0. The van der Waals surface area contributed by atoms with Crippen LogP contribution in [-0.4, -0.2) is 51.1 Å². The Morgan fingerprint density at radius 3 is 1.31 bits per heavy atom. The number of furan rings is 3. The Labute approximate surface area is 669 Å². The maximum absolute atomic E-state index is 6.30. The Morgan fingerprint density at radius 1 is 0.365 bits per heavy atom. The summed E-state index contributed by atoms with van der Waals surface area (Å²) in [5.74, 6) is 3.41. The lowest BCUT2D eigenvalue weighted by molar-refractivity contribution is -0.744. The summed E-state index contributed by atoms with van der Waals surface area (Å²) in [6, 6.07) is 81.9. The van der Waals surface area contributed by atoms with E-state index in [0.717, 1.165) is 78.0 Å². The first kappa shape index (κ1) is 75.1. The molecule has 115 heavy (non-hydrogen) atoms. The molecule has 1 aliphatic rings. The topological polar surface area (TPSA) is 116 Å². The molecule has 0 amide bonds. The zero-order valence-corrected chi connectivity index (χ0v) is 68.3. The second kappa shape index (κ2) is 31.3. The molecule has 10 aromatic carbocycles. The van der Waals surface area contributed by atoms with E-state index in [2.05, 4.69) is 414 Å². The summed E-state index contributed by atoms with van der Waals surface area (Å²) >= 11 is 0. The average molecular weight is 1520 g/mol. The summed E-state index contributed by atoms with van der Waals surface area (Å²) in [6.45, 7) is 15.0. The van der Waals surface area contributed by atoms with E-state index in [1.54, 1.807) is 12.4 Å². The lowest BCUT2D eigenvalue weighted by Crippen LogP contribution is -2.37. The molecule has 21 rings (SSSR count). The summed E-state index contributed by atoms with van der Waals surface area (Å²) in [6.07, 6.45) is 18.5. The lowest BCUT2D eigenvalue weighted by atomic mass is 10.0. The maximum Gasteiger partial charge on any atom is 0.293 e. The number of rotatable bonds is 6. The van der Waals surface area contributed by atoms with Crippen molar-refractivity contribution >= 4 is 105 Å². The van der Waals surface area contributed by atoms with Gasteiger partial charge >= 0.3 is 0 Å². The van der Waals surface area contributed by atoms with Gasteiger partial charge in [0.25, 0.3) is 17.5 Å². The molecular weight excluding hydrogens is 1420 g/mol. The first-order valence-corrected chi connectivity index (χ1v) is 39.0. The van der Waals surface area contributed by atoms with Crippen LogP contribution in [0.25, 0.3) is 145 Å². The highest BCUT2D eigenvalue weighted by atomic mass is 16.3. The summed E-state index contributed by atoms with van der Waals surface area (Å²) < 4.78 is 40.3. The number of anilines is 1. The molecule has 17 nitrogen and oxygen atoms in total. The van der Waals surface area contributed by atoms with Gasteiger partial charge in [-0.15, -0.1) is 18.7 Å². The Morgan fingerprint density at radius 2 is 0.817 bits per heavy atom. The molecule has 17 heteroatoms. The van der Waals surface area contributed by atoms with Gasteiger partial charge in [0, 0.05) is 75.9 Å². The summed E-state index contributed by atoms with van der Waals surface area (Å²) in [4.78, 5) is 13.2. The van der Waals surface area contributed by atoms with Crippen molar-refractivity contribution in [3.8, 4) is 45.5 Å². The largest absolute Gasteiger partial charge is 0.455 e. The van der Waals surface area contributed by atoms with Crippen molar-refractivity contribution in [2.45, 2.75) is 54.6 Å². The number of fused-ring (bicyclic) bond motifs is 12. The Kier molecular flexibility index (Phi) is 20.5. The van der Waals surface area contributed by atoms with E-state index < -0.39 is 0 Å². The van der Waals surface area contributed by atoms with E-state index in [1.807, 2.05) is 43.6 Å². The molecule has 10 aromatic heterocycles. The van der Waals surface area contributed by atoms with Crippen LogP contribution in [0, 0.1) is 41.5 Å². The van der Waals surface area contributed by atoms with Gasteiger partial charge in [0.1, 0.15) is 57.7 Å². The number of hydrogen-bond acceptors (Lipinski definition) is 7. The van der Waals surface area contributed by atoms with Crippen molar-refractivity contribution in [2.24, 2.45) is 56.4 Å². The quantitative estimate of drug-likeness (QED) is 0.152. The van der Waals surface area contributed by atoms with Crippen molar-refractivity contribution in [3.63, 3.8) is 0 Å². The number of pyridine rings is 2. The van der Waals surface area contributed by atoms with Crippen LogP contribution in [0.4, 0.5) is 5.69 Å². The van der Waals surface area contributed by atoms with Crippen LogP contribution in [0.15, 0.2) is 306 Å². The minimum atomic E-state index is 0.413. The SMILES string of the molecule is Cc1ccc2c(oc3ccccc32)c1-c1n(C)c2ccccc2[n+]1C.Cc1ccc2c(oc3ncccc32)c1-c1n(C)c2ccccc2[n+]1C.Cc1ccc2c(oc3ncccc32)c1-c1n(C)cc[n+]1C.Cc1ccccc1-n1c2ccccc2c[n+]1C.Cc1ccccc1-n1ccc[n+]1C.Cc1ccccc1N1C=CN(C)[C@@H]1C. The molecule has 0 fully saturated rings. The number of hydrogen-bond donors (Lipinski definition) is 0. The highest BCUT2D eigenvalue weighted by molar-refractivity contribution is 6.11. The summed E-state index contributed by atoms with van der Waals surface area (Å²) in [7, 11) is 18.8. The summed E-state index contributed by atoms with van der Waals surface area (Å²) in [5.41, 5.74) is 25.8. The third-order valence-corrected chi connectivity index (χ3v) is 22.6. The van der Waals surface area contributed by atoms with Gasteiger partial charge in [0.2, 0.25) is 17.6 Å². The van der Waals surface area contributed by atoms with Gasteiger partial charge in [0.05, 0.1) is 53.9 Å². The fourth-order valence-corrected chi connectivity index (χ4v) is 16.4. The van der Waals surface area contributed by atoms with E-state index in [9.17, 15) is 0 Å². The molecule has 1 atom stereocenters. The molecule has 0 N–H and O–H groups in total. The molecule has 0 bridgehead atoms. The Hall–Kier alpha value is -13.9. The molecule has 0 spiro atoms. The van der Waals surface area contributed by atoms with Crippen LogP contribution in [0.2, 0.25) is 0 Å². The normalized spacial score (nSPS) is 12.5. The van der Waals surface area contributed by atoms with E-state index in [-0.39, 0.29) is 0 Å². The molecule has 572 valence electrons. The van der Waals surface area contributed by atoms with Crippen LogP contribution < -0.4 is 28.0 Å². The molecule has 11 heterocycles. The Bertz CT molecular complexity index is 6770. The van der Waals surface area contributed by atoms with Gasteiger partial charge in [-0.25, -0.2) is 37.4 Å². The van der Waals surface area contributed by atoms with Gasteiger partial charge in [-0.3, -0.25) is 0 Å². The van der Waals surface area contributed by atoms with Crippen molar-refractivity contribution in [1.82, 2.24) is 37.9 Å². The van der Waals surface area contributed by atoms with Gasteiger partial charge < -0.3 is 23.1 Å². The van der Waals surface area contributed by atoms with E-state index in [1.165, 1.54) is 94.2 Å². The molecule has 1 aliphatic heterocycles. The monoisotopic (exact) mass is 1520 g/mol. The van der Waals surface area contributed by atoms with Crippen LogP contribution in [-0.2, 0) is 56.4 Å². The maximum atomic E-state index is 6.30. The van der Waals surface area contributed by atoms with Crippen molar-refractivity contribution in [2.75, 3.05) is 11.9 Å². The third kappa shape index (κ3) is 13.8. The molecule has 0 saturated carbocycles. The van der Waals surface area contributed by atoms with Crippen LogP contribution in [0.1, 0.15) is 40.3 Å². The van der Waals surface area contributed by atoms with Gasteiger partial charge in [-0.1, -0.05) is 146 Å². The molecule has 0 unspecified atom stereocenters. The zero-order valence-electron chi connectivity index (χ0n) is 68.3. The van der Waals surface area contributed by atoms with E-state index in [0.29, 0.717) is 17.6 Å². The van der Waals surface area contributed by atoms with Gasteiger partial charge in [0.15, 0.2) is 59.1 Å². The molecule has 20 aromatic rings. The van der Waals surface area contributed by atoms with Gasteiger partial charge in [-0.2, -0.15) is 0 Å². The highest BCUT2D eigenvalue weighted by Gasteiger charge is 2.31. The number of nitrogens with zero attached hydrogens (tertiary/aromatic N) is 14. The van der Waals surface area contributed by atoms with Crippen LogP contribution in [0.3, 0.4) is 0 Å². The average Bonchev–Trinajstić information content (AvgIpc) is 1.59. The minimum absolute atomic E-state index is 0.413. The predicted octanol–water partition coefficient (Wildman–Crippen LogP) is 19.2. The smallest absolute Gasteiger partial charge is 0.293 e. The standard InChI is InChI=1S/C22H19N2O.C21H18N3O.C17H16N3O.C15H15N2.C12H16N2.C11H13N2/c1-14-12-13-16-15-8-4-7-11-19(15)25-21(16)20(14)22-23(2)17-9-5-6-10-18(17)24(22)3;1-13-10-11-14-15-7-6-12-22-20(15)25-19(14)18(13)21-23(2)16-8-4-5-9-17(16)24(21)3;1-11-6-7-12-13-5-4-8-18-16(13)21-15(12)14(11)17-19(2)9-10-20(17)3;1-12-7-3-5-9-14(12)17-15-10-6-4-8-13(15)11-16(17)2;1-10-6-4-5-7-12(10)14-9-8-13(3)11(14)2;1-10-6-3-4-7-11(10)13-9-5-8-12(13)2/h4-13H,1-3H3;4-12H,1-3H3;4-10H,1-3H3;3-11H,1-2H3;4-9,11H,1-3H3;3-9H,1-2H3/q4*+1;;+1/t;;;;11-;/m....0./s1. The van der Waals surface area contributed by atoms with Crippen molar-refractivity contribution in [1.29, 1.82) is 0 Å². The fourth-order valence-electron chi connectivity index (χ4n) is 16.4. The lowest BCUT2D eigenvalue weighted by Gasteiger charge is -2.28. The summed E-state index contributed by atoms with van der Waals surface area (Å²) in [5, 5.41) is 7.93. The molecular formula is C98H97N14O3+5. The van der Waals surface area contributed by atoms with Crippen molar-refractivity contribution in [3.05, 3.63) is 326 Å². The second-order valence-corrected chi connectivity index (χ2v) is 30.0. The van der Waals surface area contributed by atoms with Crippen LogP contribution in [0.5, 0.6) is 0 Å². The molecule has 0 aliphatic carbocycles. The number of benzene rings is 10. The molecule has 0 saturated heterocycles. The first-order chi connectivity index (χ1) is 55.8. The number of aromatic nitrogens is 12. The minimum Gasteiger partial charge on any atom is -0.455 e. The van der Waals surface area contributed by atoms with E-state index in [4.69, 9.17) is 13.3 Å². The number of aryl methyl sites for hydroxylation is 14. The number of imidazole rings is 3. The van der Waals surface area contributed by atoms with Crippen molar-refractivity contribution < 1.29 is 36.3 Å². The Balaban J connectivity index is 0.000000105. The predicted molar refractivity (Wildman–Crippen MR) is 464 cm³/mol. The molecule has 0 radical (unpaired) electrons. The number of para-hydroxylation sites is 9. The van der Waals surface area contributed by atoms with Gasteiger partial charge in [-0.05, 0) is 167 Å². The van der Waals surface area contributed by atoms with E-state index >= 15 is 0 Å². The second-order valence-electron chi connectivity index (χ2n) is 30.0.